The maximum absolute atomic E-state index is 6.04. The van der Waals surface area contributed by atoms with Gasteiger partial charge < -0.3 is 14.3 Å². The molecule has 1 heterocycles. The largest absolute Gasteiger partial charge is 0.378 e. The lowest BCUT2D eigenvalue weighted by Gasteiger charge is -2.16. The molecular weight excluding hydrogens is 312 g/mol. The Morgan fingerprint density at radius 3 is 2.64 bits per heavy atom. The zero-order chi connectivity index (χ0) is 15.9. The van der Waals surface area contributed by atoms with Crippen LogP contribution in [0.3, 0.4) is 0 Å². The van der Waals surface area contributed by atoms with Crippen molar-refractivity contribution >= 4 is 24.4 Å². The van der Waals surface area contributed by atoms with E-state index in [0.717, 1.165) is 36.2 Å². The van der Waals surface area contributed by atoms with E-state index in [0.29, 0.717) is 10.7 Å². The van der Waals surface area contributed by atoms with Gasteiger partial charge in [-0.2, -0.15) is 0 Å². The minimum Gasteiger partial charge on any atom is -0.378 e. The molecule has 1 saturated carbocycles. The van der Waals surface area contributed by atoms with Gasteiger partial charge in [-0.1, -0.05) is 38.9 Å². The van der Waals surface area contributed by atoms with Crippen LogP contribution in [0, 0.1) is 21.2 Å². The second-order valence-corrected chi connectivity index (χ2v) is 7.51. The summed E-state index contributed by atoms with van der Waals surface area (Å²) in [5.74, 6) is 1.57. The van der Waals surface area contributed by atoms with Crippen molar-refractivity contribution in [3.63, 3.8) is 0 Å². The lowest BCUT2D eigenvalue weighted by atomic mass is 10.1. The van der Waals surface area contributed by atoms with Gasteiger partial charge in [0, 0.05) is 19.3 Å². The summed E-state index contributed by atoms with van der Waals surface area (Å²) in [6.45, 7) is 6.53. The summed E-state index contributed by atoms with van der Waals surface area (Å²) >= 11 is 10.3. The summed E-state index contributed by atoms with van der Waals surface area (Å²) in [5, 5.41) is 0. The highest BCUT2D eigenvalue weighted by atomic mass is 32.1. The quantitative estimate of drug-likeness (QED) is 0.515. The molecule has 0 aliphatic heterocycles. The molecule has 124 valence electrons. The van der Waals surface area contributed by atoms with E-state index in [1.807, 2.05) is 12.3 Å². The van der Waals surface area contributed by atoms with Crippen molar-refractivity contribution in [2.24, 2.45) is 11.8 Å². The first-order chi connectivity index (χ1) is 10.6. The van der Waals surface area contributed by atoms with Crippen LogP contribution in [0.25, 0.3) is 0 Å². The highest BCUT2D eigenvalue weighted by Gasteiger charge is 2.28. The zero-order valence-electron chi connectivity index (χ0n) is 13.7. The van der Waals surface area contributed by atoms with Gasteiger partial charge in [-0.15, -0.1) is 0 Å². The van der Waals surface area contributed by atoms with Crippen molar-refractivity contribution in [2.75, 3.05) is 6.61 Å². The van der Waals surface area contributed by atoms with Crippen molar-refractivity contribution in [1.29, 1.82) is 0 Å². The lowest BCUT2D eigenvalue weighted by molar-refractivity contribution is 0.0291. The number of aryl methyl sites for hydroxylation is 1. The maximum atomic E-state index is 6.04. The number of nitrogens with zero attached hydrogens (tertiary/aromatic N) is 1. The molecule has 1 aromatic heterocycles. The Hall–Kier alpha value is -0.520. The monoisotopic (exact) mass is 340 g/mol. The molecule has 0 radical (unpaired) electrons. The smallest absolute Gasteiger partial charge is 0.178 e. The predicted octanol–water partition coefficient (Wildman–Crippen LogP) is 5.29. The second kappa shape index (κ2) is 8.94. The number of rotatable bonds is 8. The standard InChI is InChI=1S/C17H28N2OS2/c1-13-11-14(2)15(12-13)20-10-6-4-3-5-8-19-9-7-16(21)18-17(19)22/h7,9,13-15H,3-6,8,10-12H2,1-2H3,(H,18,21,22). The third-order valence-corrected chi connectivity index (χ3v) is 5.14. The summed E-state index contributed by atoms with van der Waals surface area (Å²) in [4.78, 5) is 3.01. The number of hydrogen-bond donors (Lipinski definition) is 1. The molecule has 1 fully saturated rings. The van der Waals surface area contributed by atoms with Gasteiger partial charge in [-0.3, -0.25) is 0 Å². The first kappa shape index (κ1) is 17.8. The van der Waals surface area contributed by atoms with Crippen LogP contribution in [0.4, 0.5) is 0 Å². The minimum atomic E-state index is 0.501. The van der Waals surface area contributed by atoms with Crippen LogP contribution in [0.2, 0.25) is 0 Å². The summed E-state index contributed by atoms with van der Waals surface area (Å²) in [6.07, 6.45) is 9.81. The van der Waals surface area contributed by atoms with Crippen molar-refractivity contribution in [2.45, 2.75) is 65.0 Å². The molecular formula is C17H28N2OS2. The lowest BCUT2D eigenvalue weighted by Crippen LogP contribution is -2.16. The van der Waals surface area contributed by atoms with E-state index in [2.05, 4.69) is 23.4 Å². The number of aromatic amines is 1. The fraction of sp³-hybridized carbons (Fsp3) is 0.765. The van der Waals surface area contributed by atoms with E-state index in [1.54, 1.807) is 0 Å². The molecule has 5 heteroatoms. The van der Waals surface area contributed by atoms with Gasteiger partial charge in [0.2, 0.25) is 0 Å². The average Bonchev–Trinajstić information content (AvgIpc) is 2.78. The van der Waals surface area contributed by atoms with Crippen molar-refractivity contribution in [1.82, 2.24) is 9.55 Å². The van der Waals surface area contributed by atoms with Crippen molar-refractivity contribution < 1.29 is 4.74 Å². The van der Waals surface area contributed by atoms with Crippen LogP contribution in [0.15, 0.2) is 12.3 Å². The fourth-order valence-electron chi connectivity index (χ4n) is 3.34. The van der Waals surface area contributed by atoms with E-state index in [-0.39, 0.29) is 0 Å². The molecule has 3 atom stereocenters. The maximum Gasteiger partial charge on any atom is 0.178 e. The zero-order valence-corrected chi connectivity index (χ0v) is 15.3. The molecule has 3 nitrogen and oxygen atoms in total. The van der Waals surface area contributed by atoms with Crippen LogP contribution in [0.1, 0.15) is 52.4 Å². The van der Waals surface area contributed by atoms with Gasteiger partial charge in [0.1, 0.15) is 4.64 Å². The Bertz CT molecular complexity index is 566. The van der Waals surface area contributed by atoms with Gasteiger partial charge in [0.15, 0.2) is 4.77 Å². The minimum absolute atomic E-state index is 0.501. The Morgan fingerprint density at radius 2 is 1.95 bits per heavy atom. The Balaban J connectivity index is 1.54. The van der Waals surface area contributed by atoms with Gasteiger partial charge in [-0.05, 0) is 55.8 Å². The Labute approximate surface area is 144 Å². The highest BCUT2D eigenvalue weighted by Crippen LogP contribution is 2.32. The fourth-order valence-corrected chi connectivity index (χ4v) is 3.82. The normalized spacial score (nSPS) is 24.7. The van der Waals surface area contributed by atoms with Gasteiger partial charge in [-0.25, -0.2) is 0 Å². The van der Waals surface area contributed by atoms with E-state index in [1.165, 1.54) is 32.1 Å². The molecule has 0 saturated heterocycles. The summed E-state index contributed by atoms with van der Waals surface area (Å²) < 4.78 is 9.53. The molecule has 0 bridgehead atoms. The van der Waals surface area contributed by atoms with Crippen molar-refractivity contribution in [3.05, 3.63) is 21.7 Å². The number of unbranched alkanes of at least 4 members (excludes halogenated alkanes) is 3. The van der Waals surface area contributed by atoms with E-state index >= 15 is 0 Å². The van der Waals surface area contributed by atoms with Gasteiger partial charge >= 0.3 is 0 Å². The van der Waals surface area contributed by atoms with Crippen LogP contribution >= 0.6 is 24.4 Å². The number of ether oxygens (including phenoxy) is 1. The first-order valence-corrected chi connectivity index (χ1v) is 9.29. The Kier molecular flexibility index (Phi) is 7.25. The van der Waals surface area contributed by atoms with Crippen molar-refractivity contribution in [3.8, 4) is 0 Å². The van der Waals surface area contributed by atoms with Crippen LogP contribution in [-0.2, 0) is 11.3 Å². The summed E-state index contributed by atoms with van der Waals surface area (Å²) in [7, 11) is 0. The molecule has 0 amide bonds. The third-order valence-electron chi connectivity index (χ3n) is 4.57. The molecule has 22 heavy (non-hydrogen) atoms. The number of H-pyrrole nitrogens is 1. The van der Waals surface area contributed by atoms with E-state index < -0.39 is 0 Å². The van der Waals surface area contributed by atoms with Crippen LogP contribution in [-0.4, -0.2) is 22.3 Å². The molecule has 1 N–H and O–H groups in total. The molecule has 3 unspecified atom stereocenters. The topological polar surface area (TPSA) is 29.9 Å². The van der Waals surface area contributed by atoms with E-state index in [4.69, 9.17) is 29.2 Å². The predicted molar refractivity (Wildman–Crippen MR) is 96.2 cm³/mol. The van der Waals surface area contributed by atoms with Gasteiger partial charge in [0.05, 0.1) is 6.10 Å². The highest BCUT2D eigenvalue weighted by molar-refractivity contribution is 7.72. The third kappa shape index (κ3) is 5.60. The van der Waals surface area contributed by atoms with Crippen LogP contribution < -0.4 is 0 Å². The molecule has 0 aromatic carbocycles. The average molecular weight is 341 g/mol. The number of nitrogens with one attached hydrogen (secondary N) is 1. The Morgan fingerprint density at radius 1 is 1.18 bits per heavy atom. The molecule has 1 aliphatic rings. The molecule has 1 aliphatic carbocycles. The van der Waals surface area contributed by atoms with E-state index in [9.17, 15) is 0 Å². The summed E-state index contributed by atoms with van der Waals surface area (Å²) in [5.41, 5.74) is 0. The number of hydrogen-bond acceptors (Lipinski definition) is 3. The second-order valence-electron chi connectivity index (χ2n) is 6.68. The van der Waals surface area contributed by atoms with Gasteiger partial charge in [0.25, 0.3) is 0 Å². The van der Waals surface area contributed by atoms with Crippen LogP contribution in [0.5, 0.6) is 0 Å². The SMILES string of the molecule is CC1CC(C)C(OCCCCCCn2ccc(=S)[nH]c2=S)C1. The molecule has 0 spiro atoms. The first-order valence-electron chi connectivity index (χ1n) is 8.47. The summed E-state index contributed by atoms with van der Waals surface area (Å²) in [6, 6.07) is 1.89. The molecule has 2 rings (SSSR count). The number of aromatic nitrogens is 2. The molecule has 1 aromatic rings.